The van der Waals surface area contributed by atoms with Gasteiger partial charge >= 0.3 is 10.8 Å². The van der Waals surface area contributed by atoms with Crippen LogP contribution in [0, 0.1) is 29.6 Å². The summed E-state index contributed by atoms with van der Waals surface area (Å²) in [6.45, 7) is -0.576. The fourth-order valence-corrected chi connectivity index (χ4v) is 9.43. The highest BCUT2D eigenvalue weighted by molar-refractivity contribution is 8.00. The third kappa shape index (κ3) is 2.66. The van der Waals surface area contributed by atoms with Crippen LogP contribution in [-0.4, -0.2) is 44.6 Å². The van der Waals surface area contributed by atoms with Crippen LogP contribution in [0.25, 0.3) is 0 Å². The van der Waals surface area contributed by atoms with Gasteiger partial charge in [-0.05, 0) is 41.9 Å². The molecule has 2 bridgehead atoms. The van der Waals surface area contributed by atoms with Crippen LogP contribution in [0.1, 0.15) is 22.8 Å². The van der Waals surface area contributed by atoms with Gasteiger partial charge in [-0.25, -0.2) is 0 Å². The molecule has 0 spiro atoms. The third-order valence-electron chi connectivity index (χ3n) is 7.34. The number of carboxylic acids is 1. The Bertz CT molecular complexity index is 1190. The molecule has 7 nitrogen and oxygen atoms in total. The largest absolute Gasteiger partial charge is 0.480 e. The number of halogens is 1. The predicted molar refractivity (Wildman–Crippen MR) is 114 cm³/mol. The molecule has 1 aromatic heterocycles. The van der Waals surface area contributed by atoms with E-state index in [-0.39, 0.29) is 45.6 Å². The van der Waals surface area contributed by atoms with Gasteiger partial charge in [0.15, 0.2) is 0 Å². The number of thioether (sulfide) groups is 1. The molecule has 10 heteroatoms. The number of hydrogen-bond donors (Lipinski definition) is 2. The van der Waals surface area contributed by atoms with E-state index >= 15 is 0 Å². The predicted octanol–water partition coefficient (Wildman–Crippen LogP) is 2.65. The first-order valence-corrected chi connectivity index (χ1v) is 12.1. The first-order chi connectivity index (χ1) is 14.8. The monoisotopic (exact) mass is 476 g/mol. The molecule has 1 saturated heterocycles. The molecule has 2 saturated carbocycles. The lowest BCUT2D eigenvalue weighted by molar-refractivity contribution is -0.149. The number of nitrogens with one attached hydrogen (secondary N) is 1. The molecule has 2 aliphatic carbocycles. The molecule has 3 fully saturated rings. The normalized spacial score (nSPS) is 35.3. The first kappa shape index (κ1) is 19.6. The Balaban J connectivity index is 1.45. The number of amides is 2. The zero-order valence-corrected chi connectivity index (χ0v) is 18.4. The Morgan fingerprint density at radius 1 is 1.13 bits per heavy atom. The Hall–Kier alpha value is -2.10. The molecule has 2 amide bonds. The highest BCUT2D eigenvalue weighted by atomic mass is 35.5. The molecule has 160 valence electrons. The number of carboxylic acid groups (broad SMARTS) is 1. The third-order valence-corrected chi connectivity index (χ3v) is 10.2. The molecule has 0 unspecified atom stereocenters. The summed E-state index contributed by atoms with van der Waals surface area (Å²) in [6, 6.07) is 7.60. The number of benzene rings is 1. The Kier molecular flexibility index (Phi) is 4.23. The van der Waals surface area contributed by atoms with E-state index in [1.807, 2.05) is 24.3 Å². The number of hydrogen-bond acceptors (Lipinski definition) is 6. The zero-order chi connectivity index (χ0) is 21.6. The fraction of sp³-hybridized carbons (Fsp3) is 0.429. The molecule has 7 atom stereocenters. The van der Waals surface area contributed by atoms with Gasteiger partial charge < -0.3 is 10.1 Å². The van der Waals surface area contributed by atoms with Crippen molar-refractivity contribution in [3.63, 3.8) is 0 Å². The van der Waals surface area contributed by atoms with Gasteiger partial charge in [0.25, 0.3) is 0 Å². The number of imide groups is 1. The molecule has 2 aromatic rings. The van der Waals surface area contributed by atoms with E-state index in [0.717, 1.165) is 26.8 Å². The minimum atomic E-state index is -1.18. The van der Waals surface area contributed by atoms with Crippen molar-refractivity contribution in [2.75, 3.05) is 6.54 Å². The number of H-pyrrole nitrogens is 1. The summed E-state index contributed by atoms with van der Waals surface area (Å²) >= 11 is 8.92. The molecule has 2 N–H and O–H groups in total. The van der Waals surface area contributed by atoms with Gasteiger partial charge in [-0.2, -0.15) is 0 Å². The van der Waals surface area contributed by atoms with E-state index in [1.165, 1.54) is 11.3 Å². The number of aliphatic carboxylic acids is 1. The number of fused-ring (bicyclic) bond motifs is 9. The summed E-state index contributed by atoms with van der Waals surface area (Å²) in [5, 5.41) is 10.7. The molecule has 4 aliphatic rings. The van der Waals surface area contributed by atoms with Crippen molar-refractivity contribution < 1.29 is 19.5 Å². The Morgan fingerprint density at radius 3 is 2.48 bits per heavy atom. The highest BCUT2D eigenvalue weighted by Gasteiger charge is 2.69. The second kappa shape index (κ2) is 6.70. The topological polar surface area (TPSA) is 108 Å². The molecular weight excluding hydrogens is 460 g/mol. The van der Waals surface area contributed by atoms with Gasteiger partial charge in [-0.3, -0.25) is 24.1 Å². The number of aromatic amines is 1. The molecule has 6 rings (SSSR count). The van der Waals surface area contributed by atoms with Gasteiger partial charge in [0.2, 0.25) is 11.8 Å². The maximum atomic E-state index is 13.1. The van der Waals surface area contributed by atoms with Crippen LogP contribution in [0.15, 0.2) is 34.1 Å². The minimum Gasteiger partial charge on any atom is -0.480 e. The number of carbonyl (C=O) groups excluding carboxylic acids is 2. The van der Waals surface area contributed by atoms with Gasteiger partial charge in [0.1, 0.15) is 6.54 Å². The first-order valence-electron chi connectivity index (χ1n) is 10.1. The second-order valence-corrected chi connectivity index (χ2v) is 11.3. The lowest BCUT2D eigenvalue weighted by atomic mass is 9.68. The van der Waals surface area contributed by atoms with Crippen molar-refractivity contribution in [3.05, 3.63) is 49.4 Å². The number of carbonyl (C=O) groups is 3. The number of nitrogens with zero attached hydrogens (tertiary/aromatic N) is 1. The van der Waals surface area contributed by atoms with E-state index in [0.29, 0.717) is 5.02 Å². The molecule has 1 aromatic carbocycles. The van der Waals surface area contributed by atoms with Crippen LogP contribution in [0.5, 0.6) is 0 Å². The SMILES string of the molecule is O=C(O)CN1C(=O)[C@@H]2[C@H]3C[C@@H]([C@@H]2C1=O)[C@@H]1[C@@H](c2ccc(Cl)cc2)c2sc(=O)[nH]c2S[C@@H]31. The van der Waals surface area contributed by atoms with Crippen molar-refractivity contribution in [1.82, 2.24) is 9.88 Å². The van der Waals surface area contributed by atoms with E-state index in [4.69, 9.17) is 16.7 Å². The molecule has 31 heavy (non-hydrogen) atoms. The maximum Gasteiger partial charge on any atom is 0.323 e. The van der Waals surface area contributed by atoms with Gasteiger partial charge in [-0.15, -0.1) is 11.8 Å². The van der Waals surface area contributed by atoms with Gasteiger partial charge in [0, 0.05) is 21.1 Å². The minimum absolute atomic E-state index is 0.00778. The lowest BCUT2D eigenvalue weighted by Gasteiger charge is -2.43. The maximum absolute atomic E-state index is 13.1. The van der Waals surface area contributed by atoms with E-state index in [1.54, 1.807) is 11.8 Å². The Morgan fingerprint density at radius 2 is 1.81 bits per heavy atom. The number of rotatable bonds is 3. The summed E-state index contributed by atoms with van der Waals surface area (Å²) < 4.78 is 0. The smallest absolute Gasteiger partial charge is 0.323 e. The van der Waals surface area contributed by atoms with Crippen molar-refractivity contribution in [1.29, 1.82) is 0 Å². The number of aromatic nitrogens is 1. The summed E-state index contributed by atoms with van der Waals surface area (Å²) in [5.74, 6) is -2.80. The summed E-state index contributed by atoms with van der Waals surface area (Å²) in [5.41, 5.74) is 1.04. The van der Waals surface area contributed by atoms with E-state index in [9.17, 15) is 19.2 Å². The average Bonchev–Trinajstić information content (AvgIpc) is 3.44. The van der Waals surface area contributed by atoms with Crippen LogP contribution in [0.3, 0.4) is 0 Å². The van der Waals surface area contributed by atoms with Crippen LogP contribution in [0.4, 0.5) is 0 Å². The van der Waals surface area contributed by atoms with Crippen LogP contribution in [0.2, 0.25) is 5.02 Å². The average molecular weight is 477 g/mol. The molecule has 0 radical (unpaired) electrons. The van der Waals surface area contributed by atoms with Gasteiger partial charge in [0.05, 0.1) is 16.9 Å². The molecule has 2 aliphatic heterocycles. The van der Waals surface area contributed by atoms with Crippen molar-refractivity contribution in [3.8, 4) is 0 Å². The summed E-state index contributed by atoms with van der Waals surface area (Å²) in [7, 11) is 0. The molecular formula is C21H17ClN2O5S2. The standard InChI is InChI=1S/C21H17ClN2O5S2/c22-8-3-1-7(2-4-8)12-13-9-5-10(16(13)30-18-17(12)31-21(29)23-18)15-14(9)19(27)24(20(15)28)6-11(25)26/h1-4,9-10,12-16H,5-6H2,(H,23,29)(H,25,26)/t9-,10-,12-,13-,14+,15-,16+/m1/s1. The van der Waals surface area contributed by atoms with Gasteiger partial charge in [-0.1, -0.05) is 35.1 Å². The second-order valence-electron chi connectivity index (χ2n) is 8.67. The highest BCUT2D eigenvalue weighted by Crippen LogP contribution is 2.68. The number of thiazole rings is 1. The summed E-state index contributed by atoms with van der Waals surface area (Å²) in [6.07, 6.45) is 0.777. The van der Waals surface area contributed by atoms with Crippen molar-refractivity contribution in [2.45, 2.75) is 22.6 Å². The summed E-state index contributed by atoms with van der Waals surface area (Å²) in [4.78, 5) is 54.3. The lowest BCUT2D eigenvalue weighted by Crippen LogP contribution is -2.42. The van der Waals surface area contributed by atoms with E-state index < -0.39 is 24.3 Å². The van der Waals surface area contributed by atoms with Crippen molar-refractivity contribution in [2.24, 2.45) is 29.6 Å². The van der Waals surface area contributed by atoms with Crippen LogP contribution < -0.4 is 4.87 Å². The van der Waals surface area contributed by atoms with Crippen molar-refractivity contribution >= 4 is 52.5 Å². The molecule has 3 heterocycles. The Labute approximate surface area is 189 Å². The van der Waals surface area contributed by atoms with E-state index in [2.05, 4.69) is 4.98 Å². The zero-order valence-electron chi connectivity index (χ0n) is 16.0. The van der Waals surface area contributed by atoms with Crippen LogP contribution in [-0.2, 0) is 14.4 Å². The number of likely N-dealkylation sites (tertiary alicyclic amines) is 1. The fourth-order valence-electron chi connectivity index (χ4n) is 6.41. The quantitative estimate of drug-likeness (QED) is 0.659. The van der Waals surface area contributed by atoms with Crippen LogP contribution >= 0.6 is 34.7 Å².